The number of carbonyl (C=O) groups excluding carboxylic acids is 1. The predicted octanol–water partition coefficient (Wildman–Crippen LogP) is 4.34. The lowest BCUT2D eigenvalue weighted by molar-refractivity contribution is 0.111. The van der Waals surface area contributed by atoms with Gasteiger partial charge in [-0.3, -0.25) is 9.20 Å². The molecule has 0 amide bonds. The molecule has 0 atom stereocenters. The zero-order valence-electron chi connectivity index (χ0n) is 11.4. The molecular formula is C17H12N2OS. The van der Waals surface area contributed by atoms with Crippen molar-refractivity contribution < 1.29 is 4.79 Å². The maximum Gasteiger partial charge on any atom is 0.195 e. The number of hydrogen-bond donors (Lipinski definition) is 0. The van der Waals surface area contributed by atoms with Gasteiger partial charge in [0.15, 0.2) is 11.2 Å². The third kappa shape index (κ3) is 1.87. The van der Waals surface area contributed by atoms with Crippen molar-refractivity contribution in [1.29, 1.82) is 0 Å². The summed E-state index contributed by atoms with van der Waals surface area (Å²) < 4.78 is 1.87. The molecule has 0 bridgehead atoms. The molecule has 4 rings (SSSR count). The van der Waals surface area contributed by atoms with E-state index in [4.69, 9.17) is 0 Å². The van der Waals surface area contributed by atoms with E-state index < -0.39 is 0 Å². The minimum atomic E-state index is 0.615. The number of imidazole rings is 1. The summed E-state index contributed by atoms with van der Waals surface area (Å²) >= 11 is 1.59. The van der Waals surface area contributed by atoms with Gasteiger partial charge in [0.25, 0.3) is 0 Å². The summed E-state index contributed by atoms with van der Waals surface area (Å²) in [5.74, 6) is 0. The molecule has 0 aliphatic carbocycles. The third-order valence-electron chi connectivity index (χ3n) is 3.61. The Morgan fingerprint density at radius 1 is 1.14 bits per heavy atom. The molecule has 2 aromatic carbocycles. The van der Waals surface area contributed by atoms with Crippen LogP contribution in [0.4, 0.5) is 0 Å². The van der Waals surface area contributed by atoms with Crippen LogP contribution in [0.1, 0.15) is 15.4 Å². The van der Waals surface area contributed by atoms with E-state index in [0.717, 1.165) is 32.8 Å². The summed E-state index contributed by atoms with van der Waals surface area (Å²) in [6.07, 6.45) is 2.85. The maximum absolute atomic E-state index is 11.5. The van der Waals surface area contributed by atoms with Crippen molar-refractivity contribution in [3.63, 3.8) is 0 Å². The fourth-order valence-corrected chi connectivity index (χ4v) is 3.47. The van der Waals surface area contributed by atoms with Crippen LogP contribution < -0.4 is 0 Å². The van der Waals surface area contributed by atoms with Crippen molar-refractivity contribution in [3.05, 3.63) is 59.2 Å². The highest BCUT2D eigenvalue weighted by molar-refractivity contribution is 7.17. The predicted molar refractivity (Wildman–Crippen MR) is 86.1 cm³/mol. The first-order chi connectivity index (χ1) is 10.3. The first-order valence-corrected chi connectivity index (χ1v) is 7.51. The highest BCUT2D eigenvalue weighted by Crippen LogP contribution is 2.29. The largest absolute Gasteiger partial charge is 0.296 e. The summed E-state index contributed by atoms with van der Waals surface area (Å²) in [5, 5.41) is 2.34. The van der Waals surface area contributed by atoms with Gasteiger partial charge in [-0.15, -0.1) is 11.3 Å². The summed E-state index contributed by atoms with van der Waals surface area (Å²) in [6.45, 7) is 2.02. The van der Waals surface area contributed by atoms with Gasteiger partial charge < -0.3 is 0 Å². The minimum absolute atomic E-state index is 0.615. The van der Waals surface area contributed by atoms with Gasteiger partial charge in [-0.25, -0.2) is 4.98 Å². The zero-order chi connectivity index (χ0) is 14.4. The highest BCUT2D eigenvalue weighted by atomic mass is 32.1. The molecule has 4 heteroatoms. The number of rotatable bonds is 2. The van der Waals surface area contributed by atoms with E-state index in [0.29, 0.717) is 5.69 Å². The van der Waals surface area contributed by atoms with Gasteiger partial charge in [0.2, 0.25) is 0 Å². The molecule has 0 unspecified atom stereocenters. The van der Waals surface area contributed by atoms with Gasteiger partial charge in [0.05, 0.1) is 0 Å². The fourth-order valence-electron chi connectivity index (χ4n) is 2.63. The SMILES string of the molecule is Cc1cn2c(C=O)c(-c3ccc4ccccc4c3)nc2s1. The van der Waals surface area contributed by atoms with E-state index in [9.17, 15) is 4.79 Å². The Balaban J connectivity index is 1.98. The van der Waals surface area contributed by atoms with Crippen LogP contribution in [0.15, 0.2) is 48.7 Å². The minimum Gasteiger partial charge on any atom is -0.296 e. The van der Waals surface area contributed by atoms with Crippen LogP contribution in [0.5, 0.6) is 0 Å². The molecule has 0 spiro atoms. The summed E-state index contributed by atoms with van der Waals surface area (Å²) in [6, 6.07) is 14.4. The lowest BCUT2D eigenvalue weighted by Gasteiger charge is -2.02. The number of aldehydes is 1. The Hall–Kier alpha value is -2.46. The molecule has 2 heterocycles. The van der Waals surface area contributed by atoms with Crippen LogP contribution in [-0.4, -0.2) is 15.7 Å². The van der Waals surface area contributed by atoms with E-state index in [1.807, 2.05) is 35.7 Å². The molecule has 0 radical (unpaired) electrons. The number of aromatic nitrogens is 2. The number of thiazole rings is 1. The van der Waals surface area contributed by atoms with Crippen molar-refractivity contribution in [2.45, 2.75) is 6.92 Å². The van der Waals surface area contributed by atoms with Crippen LogP contribution in [0.3, 0.4) is 0 Å². The smallest absolute Gasteiger partial charge is 0.195 e. The Bertz CT molecular complexity index is 981. The van der Waals surface area contributed by atoms with Gasteiger partial charge in [-0.1, -0.05) is 36.4 Å². The van der Waals surface area contributed by atoms with Crippen LogP contribution in [0, 0.1) is 6.92 Å². The second-order valence-corrected chi connectivity index (χ2v) is 6.23. The third-order valence-corrected chi connectivity index (χ3v) is 4.51. The Morgan fingerprint density at radius 2 is 1.95 bits per heavy atom. The average Bonchev–Trinajstić information content (AvgIpc) is 3.02. The highest BCUT2D eigenvalue weighted by Gasteiger charge is 2.15. The molecule has 0 saturated heterocycles. The second-order valence-electron chi connectivity index (χ2n) is 5.02. The Morgan fingerprint density at radius 3 is 2.76 bits per heavy atom. The number of benzene rings is 2. The Kier molecular flexibility index (Phi) is 2.65. The lowest BCUT2D eigenvalue weighted by Crippen LogP contribution is -1.90. The van der Waals surface area contributed by atoms with E-state index in [2.05, 4.69) is 29.2 Å². The van der Waals surface area contributed by atoms with E-state index in [-0.39, 0.29) is 0 Å². The zero-order valence-corrected chi connectivity index (χ0v) is 12.2. The fraction of sp³-hybridized carbons (Fsp3) is 0.0588. The van der Waals surface area contributed by atoms with Crippen LogP contribution >= 0.6 is 11.3 Å². The van der Waals surface area contributed by atoms with Gasteiger partial charge >= 0.3 is 0 Å². The average molecular weight is 292 g/mol. The quantitative estimate of drug-likeness (QED) is 0.515. The summed E-state index contributed by atoms with van der Waals surface area (Å²) in [7, 11) is 0. The molecule has 0 saturated carbocycles. The first kappa shape index (κ1) is 12.3. The van der Waals surface area contributed by atoms with Crippen LogP contribution in [0.25, 0.3) is 27.0 Å². The lowest BCUT2D eigenvalue weighted by atomic mass is 10.0. The van der Waals surface area contributed by atoms with Gasteiger partial charge in [0, 0.05) is 16.6 Å². The molecule has 21 heavy (non-hydrogen) atoms. The summed E-state index contributed by atoms with van der Waals surface area (Å²) in [5.41, 5.74) is 2.34. The number of carbonyl (C=O) groups is 1. The maximum atomic E-state index is 11.5. The molecule has 0 N–H and O–H groups in total. The Labute approximate surface area is 125 Å². The molecular weight excluding hydrogens is 280 g/mol. The number of hydrogen-bond acceptors (Lipinski definition) is 3. The molecule has 3 nitrogen and oxygen atoms in total. The van der Waals surface area contributed by atoms with E-state index in [1.165, 1.54) is 5.39 Å². The molecule has 0 aliphatic rings. The van der Waals surface area contributed by atoms with Crippen molar-refractivity contribution in [2.75, 3.05) is 0 Å². The van der Waals surface area contributed by atoms with Crippen molar-refractivity contribution in [1.82, 2.24) is 9.38 Å². The van der Waals surface area contributed by atoms with Gasteiger partial charge in [0.1, 0.15) is 11.4 Å². The van der Waals surface area contributed by atoms with Crippen molar-refractivity contribution in [3.8, 4) is 11.3 Å². The molecule has 0 fully saturated rings. The standard InChI is InChI=1S/C17H12N2OS/c1-11-9-19-15(10-20)16(18-17(19)21-11)14-7-6-12-4-2-3-5-13(12)8-14/h2-10H,1H3. The molecule has 4 aromatic rings. The van der Waals surface area contributed by atoms with Crippen LogP contribution in [-0.2, 0) is 0 Å². The van der Waals surface area contributed by atoms with E-state index in [1.54, 1.807) is 11.3 Å². The van der Waals surface area contributed by atoms with Crippen LogP contribution in [0.2, 0.25) is 0 Å². The van der Waals surface area contributed by atoms with Gasteiger partial charge in [-0.05, 0) is 23.8 Å². The number of fused-ring (bicyclic) bond motifs is 2. The normalized spacial score (nSPS) is 11.3. The summed E-state index contributed by atoms with van der Waals surface area (Å²) in [4.78, 5) is 18.1. The first-order valence-electron chi connectivity index (χ1n) is 6.69. The molecule has 0 aliphatic heterocycles. The van der Waals surface area contributed by atoms with Gasteiger partial charge in [-0.2, -0.15) is 0 Å². The topological polar surface area (TPSA) is 34.4 Å². The number of aryl methyl sites for hydroxylation is 1. The number of nitrogens with zero attached hydrogens (tertiary/aromatic N) is 2. The monoisotopic (exact) mass is 292 g/mol. The molecule has 2 aromatic heterocycles. The van der Waals surface area contributed by atoms with Crippen molar-refractivity contribution in [2.24, 2.45) is 0 Å². The molecule has 102 valence electrons. The van der Waals surface area contributed by atoms with Crippen molar-refractivity contribution >= 4 is 33.4 Å². The van der Waals surface area contributed by atoms with E-state index >= 15 is 0 Å². The second kappa shape index (κ2) is 4.53.